The van der Waals surface area contributed by atoms with Crippen molar-refractivity contribution in [2.45, 2.75) is 38.5 Å². The zero-order valence-corrected chi connectivity index (χ0v) is 15.6. The minimum absolute atomic E-state index is 0.128. The van der Waals surface area contributed by atoms with Crippen LogP contribution < -0.4 is 11.1 Å². The summed E-state index contributed by atoms with van der Waals surface area (Å²) in [6.07, 6.45) is 5.46. The number of amides is 2. The Hall–Kier alpha value is -1.66. The number of nitrogens with two attached hydrogens (primary N) is 1. The average Bonchev–Trinajstić information content (AvgIpc) is 2.71. The molecule has 1 aliphatic rings. The van der Waals surface area contributed by atoms with E-state index in [0.29, 0.717) is 10.6 Å². The third kappa shape index (κ3) is 3.87. The molecule has 4 nitrogen and oxygen atoms in total. The molecular formula is C18H19BrN2O2S. The van der Waals surface area contributed by atoms with Gasteiger partial charge < -0.3 is 11.1 Å². The number of fused-ring (bicyclic) bond motifs is 1. The maximum absolute atomic E-state index is 12.4. The molecule has 2 aromatic rings. The number of rotatable bonds is 4. The maximum atomic E-state index is 12.4. The topological polar surface area (TPSA) is 72.2 Å². The molecule has 0 saturated heterocycles. The average molecular weight is 407 g/mol. The summed E-state index contributed by atoms with van der Waals surface area (Å²) in [7, 11) is 0. The van der Waals surface area contributed by atoms with Crippen LogP contribution in [0.4, 0.5) is 5.00 Å². The second-order valence-electron chi connectivity index (χ2n) is 5.98. The molecular weight excluding hydrogens is 388 g/mol. The number of carbonyl (C=O) groups excluding carboxylic acids is 2. The van der Waals surface area contributed by atoms with Crippen molar-refractivity contribution in [2.75, 3.05) is 5.32 Å². The first-order valence-electron chi connectivity index (χ1n) is 8.03. The molecule has 0 fully saturated rings. The summed E-state index contributed by atoms with van der Waals surface area (Å²) in [5.41, 5.74) is 8.08. The molecule has 6 heteroatoms. The van der Waals surface area contributed by atoms with Gasteiger partial charge in [0.2, 0.25) is 5.91 Å². The van der Waals surface area contributed by atoms with Gasteiger partial charge in [0.1, 0.15) is 5.00 Å². The Morgan fingerprint density at radius 3 is 2.54 bits per heavy atom. The molecule has 1 aromatic heterocycles. The monoisotopic (exact) mass is 406 g/mol. The highest BCUT2D eigenvalue weighted by molar-refractivity contribution is 9.10. The molecule has 1 aliphatic carbocycles. The van der Waals surface area contributed by atoms with E-state index in [4.69, 9.17) is 5.73 Å². The van der Waals surface area contributed by atoms with E-state index in [1.165, 1.54) is 22.6 Å². The molecule has 0 atom stereocenters. The van der Waals surface area contributed by atoms with E-state index in [1.807, 2.05) is 24.3 Å². The first-order chi connectivity index (χ1) is 11.5. The number of primary amides is 1. The van der Waals surface area contributed by atoms with Crippen LogP contribution >= 0.6 is 27.3 Å². The Morgan fingerprint density at radius 1 is 1.12 bits per heavy atom. The van der Waals surface area contributed by atoms with Crippen LogP contribution in [0.5, 0.6) is 0 Å². The van der Waals surface area contributed by atoms with Crippen LogP contribution in [0.3, 0.4) is 0 Å². The zero-order valence-electron chi connectivity index (χ0n) is 13.2. The molecule has 3 rings (SSSR count). The van der Waals surface area contributed by atoms with Gasteiger partial charge in [-0.1, -0.05) is 34.5 Å². The van der Waals surface area contributed by atoms with Gasteiger partial charge in [-0.3, -0.25) is 9.59 Å². The largest absolute Gasteiger partial charge is 0.365 e. The Morgan fingerprint density at radius 2 is 1.83 bits per heavy atom. The van der Waals surface area contributed by atoms with Crippen LogP contribution in [0.15, 0.2) is 28.7 Å². The van der Waals surface area contributed by atoms with Crippen LogP contribution in [0, 0.1) is 0 Å². The van der Waals surface area contributed by atoms with Crippen molar-refractivity contribution in [1.29, 1.82) is 0 Å². The first kappa shape index (κ1) is 17.2. The van der Waals surface area contributed by atoms with Gasteiger partial charge in [0.05, 0.1) is 12.0 Å². The summed E-state index contributed by atoms with van der Waals surface area (Å²) >= 11 is 4.88. The SMILES string of the molecule is NC(=O)c1c(NC(=O)Cc2ccc(Br)cc2)sc2c1CCCCC2. The maximum Gasteiger partial charge on any atom is 0.251 e. The molecule has 1 aromatic carbocycles. The van der Waals surface area contributed by atoms with Gasteiger partial charge in [-0.25, -0.2) is 0 Å². The fourth-order valence-corrected chi connectivity index (χ4v) is 4.63. The van der Waals surface area contributed by atoms with E-state index in [9.17, 15) is 9.59 Å². The van der Waals surface area contributed by atoms with Crippen molar-refractivity contribution in [2.24, 2.45) is 5.73 Å². The van der Waals surface area contributed by atoms with E-state index in [2.05, 4.69) is 21.2 Å². The predicted molar refractivity (Wildman–Crippen MR) is 101 cm³/mol. The molecule has 126 valence electrons. The number of aryl methyl sites for hydroxylation is 1. The van der Waals surface area contributed by atoms with Crippen molar-refractivity contribution < 1.29 is 9.59 Å². The highest BCUT2D eigenvalue weighted by Gasteiger charge is 2.24. The fraction of sp³-hybridized carbons (Fsp3) is 0.333. The molecule has 0 spiro atoms. The van der Waals surface area contributed by atoms with E-state index in [1.54, 1.807) is 0 Å². The van der Waals surface area contributed by atoms with Gasteiger partial charge in [-0.05, 0) is 48.9 Å². The molecule has 1 heterocycles. The molecule has 2 amide bonds. The molecule has 24 heavy (non-hydrogen) atoms. The number of hydrogen-bond donors (Lipinski definition) is 2. The number of anilines is 1. The Balaban J connectivity index is 1.80. The van der Waals surface area contributed by atoms with E-state index >= 15 is 0 Å². The highest BCUT2D eigenvalue weighted by atomic mass is 79.9. The van der Waals surface area contributed by atoms with Crippen molar-refractivity contribution in [1.82, 2.24) is 0 Å². The number of nitrogens with one attached hydrogen (secondary N) is 1. The Bertz CT molecular complexity index is 768. The standard InChI is InChI=1S/C18H19BrN2O2S/c19-12-8-6-11(7-9-12)10-15(22)21-18-16(17(20)23)13-4-2-1-3-5-14(13)24-18/h6-9H,1-5,10H2,(H2,20,23)(H,21,22). The lowest BCUT2D eigenvalue weighted by Gasteiger charge is -2.06. The Labute approximate surface area is 153 Å². The molecule has 0 aliphatic heterocycles. The van der Waals surface area contributed by atoms with Gasteiger partial charge in [-0.15, -0.1) is 11.3 Å². The van der Waals surface area contributed by atoms with E-state index in [-0.39, 0.29) is 12.3 Å². The second kappa shape index (κ2) is 7.49. The van der Waals surface area contributed by atoms with Crippen LogP contribution in [0.1, 0.15) is 45.6 Å². The lowest BCUT2D eigenvalue weighted by atomic mass is 10.1. The van der Waals surface area contributed by atoms with Crippen LogP contribution in [0.2, 0.25) is 0 Å². The lowest BCUT2D eigenvalue weighted by Crippen LogP contribution is -2.19. The zero-order chi connectivity index (χ0) is 17.1. The Kier molecular flexibility index (Phi) is 5.36. The molecule has 0 bridgehead atoms. The van der Waals surface area contributed by atoms with E-state index < -0.39 is 5.91 Å². The number of halogens is 1. The predicted octanol–water partition coefficient (Wildman–Crippen LogP) is 4.06. The summed E-state index contributed by atoms with van der Waals surface area (Å²) in [5, 5.41) is 3.51. The van der Waals surface area contributed by atoms with Crippen LogP contribution in [0.25, 0.3) is 0 Å². The van der Waals surface area contributed by atoms with Crippen LogP contribution in [-0.2, 0) is 24.1 Å². The van der Waals surface area contributed by atoms with Gasteiger partial charge in [-0.2, -0.15) is 0 Å². The van der Waals surface area contributed by atoms with Crippen molar-refractivity contribution in [3.63, 3.8) is 0 Å². The number of benzene rings is 1. The minimum Gasteiger partial charge on any atom is -0.365 e. The van der Waals surface area contributed by atoms with Gasteiger partial charge in [0, 0.05) is 9.35 Å². The molecule has 3 N–H and O–H groups in total. The van der Waals surface area contributed by atoms with Gasteiger partial charge in [0.15, 0.2) is 0 Å². The minimum atomic E-state index is -0.451. The number of hydrogen-bond acceptors (Lipinski definition) is 3. The third-order valence-corrected chi connectivity index (χ3v) is 5.93. The second-order valence-corrected chi connectivity index (χ2v) is 8.01. The van der Waals surface area contributed by atoms with Gasteiger partial charge in [0.25, 0.3) is 5.91 Å². The van der Waals surface area contributed by atoms with Crippen molar-refractivity contribution in [3.05, 3.63) is 50.3 Å². The fourth-order valence-electron chi connectivity index (χ4n) is 3.05. The van der Waals surface area contributed by atoms with Crippen molar-refractivity contribution in [3.8, 4) is 0 Å². The molecule has 0 unspecified atom stereocenters. The summed E-state index contributed by atoms with van der Waals surface area (Å²) in [4.78, 5) is 25.5. The summed E-state index contributed by atoms with van der Waals surface area (Å²) in [6, 6.07) is 7.63. The van der Waals surface area contributed by atoms with E-state index in [0.717, 1.165) is 41.3 Å². The summed E-state index contributed by atoms with van der Waals surface area (Å²) in [5.74, 6) is -0.579. The summed E-state index contributed by atoms with van der Waals surface area (Å²) in [6.45, 7) is 0. The number of carbonyl (C=O) groups is 2. The quantitative estimate of drug-likeness (QED) is 0.751. The normalized spacial score (nSPS) is 13.9. The third-order valence-electron chi connectivity index (χ3n) is 4.20. The molecule has 0 radical (unpaired) electrons. The number of thiophene rings is 1. The smallest absolute Gasteiger partial charge is 0.251 e. The summed E-state index contributed by atoms with van der Waals surface area (Å²) < 4.78 is 0.977. The van der Waals surface area contributed by atoms with Crippen molar-refractivity contribution >= 4 is 44.1 Å². The lowest BCUT2D eigenvalue weighted by molar-refractivity contribution is -0.115. The van der Waals surface area contributed by atoms with Gasteiger partial charge >= 0.3 is 0 Å². The molecule has 0 saturated carbocycles. The highest BCUT2D eigenvalue weighted by Crippen LogP contribution is 2.37. The van der Waals surface area contributed by atoms with Crippen LogP contribution in [-0.4, -0.2) is 11.8 Å². The first-order valence-corrected chi connectivity index (χ1v) is 9.64.